The van der Waals surface area contributed by atoms with Crippen molar-refractivity contribution >= 4 is 17.7 Å². The summed E-state index contributed by atoms with van der Waals surface area (Å²) in [6, 6.07) is 10.9. The molecule has 2 bridgehead atoms. The molecule has 2 aliphatic heterocycles. The van der Waals surface area contributed by atoms with Crippen molar-refractivity contribution in [1.82, 2.24) is 14.9 Å². The van der Waals surface area contributed by atoms with Crippen molar-refractivity contribution in [3.8, 4) is 5.75 Å². The van der Waals surface area contributed by atoms with E-state index in [1.165, 1.54) is 6.07 Å². The third-order valence-corrected chi connectivity index (χ3v) is 7.54. The van der Waals surface area contributed by atoms with Crippen molar-refractivity contribution in [2.24, 2.45) is 0 Å². The number of amides is 1. The van der Waals surface area contributed by atoms with Gasteiger partial charge in [0.25, 0.3) is 5.91 Å². The van der Waals surface area contributed by atoms with Gasteiger partial charge in [0.2, 0.25) is 0 Å². The molecule has 37 heavy (non-hydrogen) atoms. The van der Waals surface area contributed by atoms with E-state index < -0.39 is 23.5 Å². The Kier molecular flexibility index (Phi) is 7.06. The van der Waals surface area contributed by atoms with Crippen LogP contribution in [0.5, 0.6) is 5.75 Å². The van der Waals surface area contributed by atoms with E-state index in [4.69, 9.17) is 4.74 Å². The zero-order valence-electron chi connectivity index (χ0n) is 19.4. The van der Waals surface area contributed by atoms with Crippen molar-refractivity contribution in [2.75, 3.05) is 0 Å². The van der Waals surface area contributed by atoms with Gasteiger partial charge in [-0.15, -0.1) is 0 Å². The first-order valence-corrected chi connectivity index (χ1v) is 12.7. The van der Waals surface area contributed by atoms with Crippen LogP contribution in [0.15, 0.2) is 59.9 Å². The number of aromatic nitrogens is 2. The number of alkyl halides is 3. The second-order valence-corrected chi connectivity index (χ2v) is 10.0. The fraction of sp³-hybridized carbons (Fsp3) is 0.346. The topological polar surface area (TPSA) is 55.3 Å². The minimum atomic E-state index is -4.53. The standard InChI is InChI=1S/C26H22F5N3O2S/c27-17-5-8-22(21(28)11-17)36-20-12-18-6-7-19(13-20)34(18)24(35)16-3-1-15(2-4-16)14-37-25-32-10-9-23(33-25)26(29,30)31/h1-5,8-11,18-20H,6-7,12-14H2/t18-,19-/m0/s1. The van der Waals surface area contributed by atoms with Crippen LogP contribution in [0, 0.1) is 11.6 Å². The van der Waals surface area contributed by atoms with Crippen LogP contribution in [-0.4, -0.2) is 39.0 Å². The quantitative estimate of drug-likeness (QED) is 0.211. The van der Waals surface area contributed by atoms with Crippen molar-refractivity contribution in [3.05, 3.63) is 83.2 Å². The molecule has 0 spiro atoms. The molecular formula is C26H22F5N3O2S. The lowest BCUT2D eigenvalue weighted by Gasteiger charge is -2.39. The molecule has 5 rings (SSSR count). The summed E-state index contributed by atoms with van der Waals surface area (Å²) in [4.78, 5) is 22.6. The summed E-state index contributed by atoms with van der Waals surface area (Å²) in [5, 5.41) is 0.0251. The van der Waals surface area contributed by atoms with Gasteiger partial charge in [-0.3, -0.25) is 4.79 Å². The highest BCUT2D eigenvalue weighted by Gasteiger charge is 2.44. The normalized spacial score (nSPS) is 21.2. The van der Waals surface area contributed by atoms with Gasteiger partial charge in [-0.25, -0.2) is 18.7 Å². The zero-order chi connectivity index (χ0) is 26.2. The molecule has 2 aromatic carbocycles. The highest BCUT2D eigenvalue weighted by Crippen LogP contribution is 2.39. The second-order valence-electron chi connectivity index (χ2n) is 9.09. The third-order valence-electron chi connectivity index (χ3n) is 6.60. The van der Waals surface area contributed by atoms with Crippen LogP contribution in [-0.2, 0) is 11.9 Å². The molecule has 0 N–H and O–H groups in total. The van der Waals surface area contributed by atoms with Crippen LogP contribution in [0.25, 0.3) is 0 Å². The van der Waals surface area contributed by atoms with Crippen LogP contribution in [0.3, 0.4) is 0 Å². The molecule has 0 saturated carbocycles. The van der Waals surface area contributed by atoms with E-state index in [1.54, 1.807) is 24.3 Å². The highest BCUT2D eigenvalue weighted by molar-refractivity contribution is 7.98. The van der Waals surface area contributed by atoms with Crippen LogP contribution in [0.4, 0.5) is 22.0 Å². The van der Waals surface area contributed by atoms with Crippen LogP contribution in [0.2, 0.25) is 0 Å². The number of nitrogens with zero attached hydrogens (tertiary/aromatic N) is 3. The minimum absolute atomic E-state index is 0.00886. The van der Waals surface area contributed by atoms with E-state index in [0.29, 0.717) is 24.2 Å². The van der Waals surface area contributed by atoms with Gasteiger partial charge in [-0.1, -0.05) is 23.9 Å². The Labute approximate surface area is 214 Å². The first-order chi connectivity index (χ1) is 17.7. The van der Waals surface area contributed by atoms with E-state index in [0.717, 1.165) is 54.6 Å². The van der Waals surface area contributed by atoms with Crippen LogP contribution >= 0.6 is 11.8 Å². The van der Waals surface area contributed by atoms with E-state index in [9.17, 15) is 26.7 Å². The number of benzene rings is 2. The molecule has 2 atom stereocenters. The lowest BCUT2D eigenvalue weighted by Crippen LogP contribution is -2.49. The van der Waals surface area contributed by atoms with E-state index >= 15 is 0 Å². The molecule has 1 amide bonds. The van der Waals surface area contributed by atoms with Gasteiger partial charge < -0.3 is 9.64 Å². The monoisotopic (exact) mass is 535 g/mol. The Bertz CT molecular complexity index is 1270. The number of fused-ring (bicyclic) bond motifs is 2. The van der Waals surface area contributed by atoms with Crippen molar-refractivity contribution in [3.63, 3.8) is 0 Å². The lowest BCUT2D eigenvalue weighted by atomic mass is 9.98. The number of hydrogen-bond donors (Lipinski definition) is 0. The maximum atomic E-state index is 14.0. The largest absolute Gasteiger partial charge is 0.487 e. The molecule has 0 radical (unpaired) electrons. The lowest BCUT2D eigenvalue weighted by molar-refractivity contribution is -0.141. The smallest absolute Gasteiger partial charge is 0.433 e. The van der Waals surface area contributed by atoms with E-state index in [-0.39, 0.29) is 35.0 Å². The Morgan fingerprint density at radius 3 is 2.38 bits per heavy atom. The molecule has 0 aliphatic carbocycles. The van der Waals surface area contributed by atoms with Gasteiger partial charge in [0.15, 0.2) is 16.7 Å². The predicted molar refractivity (Wildman–Crippen MR) is 126 cm³/mol. The maximum absolute atomic E-state index is 14.0. The number of piperidine rings is 1. The fourth-order valence-corrected chi connectivity index (χ4v) is 5.70. The van der Waals surface area contributed by atoms with E-state index in [2.05, 4.69) is 9.97 Å². The SMILES string of the molecule is O=C(c1ccc(CSc2nccc(C(F)(F)F)n2)cc1)N1[C@H]2CC[C@H]1CC(Oc1ccc(F)cc1F)C2. The molecule has 2 fully saturated rings. The second kappa shape index (κ2) is 10.3. The third kappa shape index (κ3) is 5.71. The molecule has 194 valence electrons. The molecule has 5 nitrogen and oxygen atoms in total. The van der Waals surface area contributed by atoms with Gasteiger partial charge in [0.1, 0.15) is 17.6 Å². The first-order valence-electron chi connectivity index (χ1n) is 11.7. The zero-order valence-corrected chi connectivity index (χ0v) is 20.2. The summed E-state index contributed by atoms with van der Waals surface area (Å²) in [5.41, 5.74) is 0.349. The summed E-state index contributed by atoms with van der Waals surface area (Å²) in [6.07, 6.45) is -0.938. The van der Waals surface area contributed by atoms with Gasteiger partial charge >= 0.3 is 6.18 Å². The maximum Gasteiger partial charge on any atom is 0.433 e. The van der Waals surface area contributed by atoms with Crippen LogP contribution in [0.1, 0.15) is 47.3 Å². The van der Waals surface area contributed by atoms with Gasteiger partial charge in [-0.05, 0) is 48.7 Å². The predicted octanol–water partition coefficient (Wildman–Crippen LogP) is 6.28. The number of carbonyl (C=O) groups excluding carboxylic acids is 1. The number of thioether (sulfide) groups is 1. The Balaban J connectivity index is 1.19. The summed E-state index contributed by atoms with van der Waals surface area (Å²) in [5.74, 6) is -1.15. The fourth-order valence-electron chi connectivity index (χ4n) is 4.91. The average molecular weight is 536 g/mol. The molecule has 2 saturated heterocycles. The molecular weight excluding hydrogens is 513 g/mol. The molecule has 11 heteroatoms. The molecule has 3 aromatic rings. The molecule has 1 aromatic heterocycles. The summed E-state index contributed by atoms with van der Waals surface area (Å²) < 4.78 is 71.5. The minimum Gasteiger partial charge on any atom is -0.487 e. The van der Waals surface area contributed by atoms with Gasteiger partial charge in [0, 0.05) is 48.5 Å². The number of halogens is 5. The summed E-state index contributed by atoms with van der Waals surface area (Å²) in [6.45, 7) is 0. The number of hydrogen-bond acceptors (Lipinski definition) is 5. The first kappa shape index (κ1) is 25.4. The van der Waals surface area contributed by atoms with Crippen molar-refractivity contribution < 1.29 is 31.5 Å². The Morgan fingerprint density at radius 1 is 1.03 bits per heavy atom. The number of ether oxygens (including phenoxy) is 1. The number of carbonyl (C=O) groups is 1. The summed E-state index contributed by atoms with van der Waals surface area (Å²) in [7, 11) is 0. The highest BCUT2D eigenvalue weighted by atomic mass is 32.2. The summed E-state index contributed by atoms with van der Waals surface area (Å²) >= 11 is 1.08. The molecule has 3 heterocycles. The van der Waals surface area contributed by atoms with E-state index in [1.807, 2.05) is 4.90 Å². The van der Waals surface area contributed by atoms with Gasteiger partial charge in [0.05, 0.1) is 0 Å². The van der Waals surface area contributed by atoms with Crippen molar-refractivity contribution in [1.29, 1.82) is 0 Å². The average Bonchev–Trinajstić information content (AvgIpc) is 3.14. The Morgan fingerprint density at radius 2 is 1.73 bits per heavy atom. The van der Waals surface area contributed by atoms with Gasteiger partial charge in [-0.2, -0.15) is 13.2 Å². The Hall–Kier alpha value is -3.21. The van der Waals surface area contributed by atoms with Crippen molar-refractivity contribution in [2.45, 2.75) is 61.0 Å². The number of rotatable bonds is 6. The molecule has 0 unspecified atom stereocenters. The molecule has 2 aliphatic rings. The van der Waals surface area contributed by atoms with Crippen LogP contribution < -0.4 is 4.74 Å².